The molecule has 0 bridgehead atoms. The van der Waals surface area contributed by atoms with E-state index in [4.69, 9.17) is 21.7 Å². The first-order valence-electron chi connectivity index (χ1n) is 7.74. The Balaban J connectivity index is 1.42. The minimum absolute atomic E-state index is 0.00833. The highest BCUT2D eigenvalue weighted by Crippen LogP contribution is 2.30. The molecule has 114 valence electrons. The Morgan fingerprint density at radius 2 is 1.90 bits per heavy atom. The largest absolute Gasteiger partial charge is 0.486 e. The third-order valence-electron chi connectivity index (χ3n) is 4.00. The zero-order valence-electron chi connectivity index (χ0n) is 12.1. The molecule has 1 unspecified atom stereocenters. The van der Waals surface area contributed by atoms with Gasteiger partial charge in [0, 0.05) is 6.04 Å². The molecule has 1 saturated carbocycles. The van der Waals surface area contributed by atoms with Gasteiger partial charge in [-0.2, -0.15) is 0 Å². The van der Waals surface area contributed by atoms with Crippen molar-refractivity contribution in [3.63, 3.8) is 0 Å². The van der Waals surface area contributed by atoms with E-state index in [-0.39, 0.29) is 6.10 Å². The molecule has 2 aliphatic rings. The Morgan fingerprint density at radius 3 is 2.71 bits per heavy atom. The van der Waals surface area contributed by atoms with E-state index in [1.54, 1.807) is 0 Å². The SMILES string of the molecule is S=C(NCC1COc2ccccc2O1)NC1CCCCC1. The Bertz CT molecular complexity index is 489. The number of benzene rings is 1. The van der Waals surface area contributed by atoms with Gasteiger partial charge in [0.05, 0.1) is 6.54 Å². The van der Waals surface area contributed by atoms with Crippen molar-refractivity contribution in [2.75, 3.05) is 13.2 Å². The van der Waals surface area contributed by atoms with Gasteiger partial charge in [-0.3, -0.25) is 0 Å². The summed E-state index contributed by atoms with van der Waals surface area (Å²) in [7, 11) is 0. The van der Waals surface area contributed by atoms with Crippen LogP contribution in [-0.4, -0.2) is 30.4 Å². The molecule has 4 nitrogen and oxygen atoms in total. The van der Waals surface area contributed by atoms with Crippen LogP contribution in [-0.2, 0) is 0 Å². The molecule has 1 aromatic rings. The zero-order chi connectivity index (χ0) is 14.5. The van der Waals surface area contributed by atoms with E-state index < -0.39 is 0 Å². The molecule has 21 heavy (non-hydrogen) atoms. The molecule has 1 heterocycles. The van der Waals surface area contributed by atoms with E-state index in [0.717, 1.165) is 16.6 Å². The van der Waals surface area contributed by atoms with Crippen LogP contribution in [0, 0.1) is 0 Å². The van der Waals surface area contributed by atoms with Crippen LogP contribution in [0.15, 0.2) is 24.3 Å². The van der Waals surface area contributed by atoms with Crippen molar-refractivity contribution in [3.8, 4) is 11.5 Å². The van der Waals surface area contributed by atoms with Gasteiger partial charge in [0.15, 0.2) is 16.6 Å². The van der Waals surface area contributed by atoms with Crippen LogP contribution in [0.25, 0.3) is 0 Å². The van der Waals surface area contributed by atoms with Crippen molar-refractivity contribution in [1.29, 1.82) is 0 Å². The molecule has 1 aliphatic heterocycles. The second kappa shape index (κ2) is 6.98. The van der Waals surface area contributed by atoms with Crippen LogP contribution >= 0.6 is 12.2 Å². The van der Waals surface area contributed by atoms with Gasteiger partial charge in [0.25, 0.3) is 0 Å². The highest BCUT2D eigenvalue weighted by Gasteiger charge is 2.21. The highest BCUT2D eigenvalue weighted by atomic mass is 32.1. The van der Waals surface area contributed by atoms with Gasteiger partial charge < -0.3 is 20.1 Å². The molecule has 0 spiro atoms. The number of ether oxygens (including phenoxy) is 2. The molecule has 2 N–H and O–H groups in total. The summed E-state index contributed by atoms with van der Waals surface area (Å²) in [6.07, 6.45) is 6.39. The highest BCUT2D eigenvalue weighted by molar-refractivity contribution is 7.80. The average molecular weight is 306 g/mol. The number of hydrogen-bond acceptors (Lipinski definition) is 3. The third kappa shape index (κ3) is 4.00. The molecular formula is C16H22N2O2S. The van der Waals surface area contributed by atoms with Gasteiger partial charge in [0.2, 0.25) is 0 Å². The molecule has 0 aromatic heterocycles. The van der Waals surface area contributed by atoms with Gasteiger partial charge in [-0.25, -0.2) is 0 Å². The fourth-order valence-electron chi connectivity index (χ4n) is 2.85. The molecule has 5 heteroatoms. The number of fused-ring (bicyclic) bond motifs is 1. The first-order chi connectivity index (χ1) is 10.3. The van der Waals surface area contributed by atoms with Crippen molar-refractivity contribution < 1.29 is 9.47 Å². The molecule has 1 aromatic carbocycles. The summed E-state index contributed by atoms with van der Waals surface area (Å²) in [5.41, 5.74) is 0. The molecule has 0 amide bonds. The lowest BCUT2D eigenvalue weighted by atomic mass is 9.96. The monoisotopic (exact) mass is 306 g/mol. The number of hydrogen-bond donors (Lipinski definition) is 2. The normalized spacial score (nSPS) is 21.6. The molecule has 1 aliphatic carbocycles. The minimum Gasteiger partial charge on any atom is -0.486 e. The van der Waals surface area contributed by atoms with Gasteiger partial charge >= 0.3 is 0 Å². The second-order valence-electron chi connectivity index (χ2n) is 5.69. The van der Waals surface area contributed by atoms with Crippen LogP contribution in [0.1, 0.15) is 32.1 Å². The van der Waals surface area contributed by atoms with Crippen molar-refractivity contribution in [2.24, 2.45) is 0 Å². The van der Waals surface area contributed by atoms with Gasteiger partial charge in [-0.15, -0.1) is 0 Å². The summed E-state index contributed by atoms with van der Waals surface area (Å²) in [5.74, 6) is 1.62. The fourth-order valence-corrected chi connectivity index (χ4v) is 3.10. The molecular weight excluding hydrogens is 284 g/mol. The fraction of sp³-hybridized carbons (Fsp3) is 0.562. The molecule has 1 fully saturated rings. The van der Waals surface area contributed by atoms with E-state index in [2.05, 4.69) is 10.6 Å². The lowest BCUT2D eigenvalue weighted by Gasteiger charge is -2.28. The number of nitrogens with one attached hydrogen (secondary N) is 2. The third-order valence-corrected chi connectivity index (χ3v) is 4.26. The Morgan fingerprint density at radius 1 is 1.14 bits per heavy atom. The quantitative estimate of drug-likeness (QED) is 0.840. The predicted octanol–water partition coefficient (Wildman–Crippen LogP) is 2.62. The minimum atomic E-state index is -0.00833. The van der Waals surface area contributed by atoms with Gasteiger partial charge in [0.1, 0.15) is 12.7 Å². The van der Waals surface area contributed by atoms with Crippen LogP contribution in [0.5, 0.6) is 11.5 Å². The van der Waals surface area contributed by atoms with E-state index >= 15 is 0 Å². The predicted molar refractivity (Wildman–Crippen MR) is 87.0 cm³/mol. The standard InChI is InChI=1S/C16H22N2O2S/c21-16(18-12-6-2-1-3-7-12)17-10-13-11-19-14-8-4-5-9-15(14)20-13/h4-5,8-9,12-13H,1-3,6-7,10-11H2,(H2,17,18,21). The van der Waals surface area contributed by atoms with Crippen LogP contribution in [0.3, 0.4) is 0 Å². The number of para-hydroxylation sites is 2. The summed E-state index contributed by atoms with van der Waals surface area (Å²) in [4.78, 5) is 0. The van der Waals surface area contributed by atoms with Crippen molar-refractivity contribution >= 4 is 17.3 Å². The van der Waals surface area contributed by atoms with Crippen LogP contribution in [0.2, 0.25) is 0 Å². The number of thiocarbonyl (C=S) groups is 1. The molecule has 0 saturated heterocycles. The summed E-state index contributed by atoms with van der Waals surface area (Å²) in [5, 5.41) is 7.37. The van der Waals surface area contributed by atoms with E-state index in [1.807, 2.05) is 24.3 Å². The summed E-state index contributed by atoms with van der Waals surface area (Å²) in [6.45, 7) is 1.21. The van der Waals surface area contributed by atoms with Crippen LogP contribution < -0.4 is 20.1 Å². The molecule has 3 rings (SSSR count). The van der Waals surface area contributed by atoms with Crippen molar-refractivity contribution in [2.45, 2.75) is 44.2 Å². The van der Waals surface area contributed by atoms with E-state index in [0.29, 0.717) is 19.2 Å². The topological polar surface area (TPSA) is 42.5 Å². The lowest BCUT2D eigenvalue weighted by molar-refractivity contribution is 0.0937. The van der Waals surface area contributed by atoms with E-state index in [9.17, 15) is 0 Å². The van der Waals surface area contributed by atoms with Crippen molar-refractivity contribution in [3.05, 3.63) is 24.3 Å². The summed E-state index contributed by atoms with van der Waals surface area (Å²) >= 11 is 5.36. The Kier molecular flexibility index (Phi) is 4.80. The second-order valence-corrected chi connectivity index (χ2v) is 6.10. The molecule has 0 radical (unpaired) electrons. The first kappa shape index (κ1) is 14.4. The maximum Gasteiger partial charge on any atom is 0.166 e. The number of rotatable bonds is 3. The van der Waals surface area contributed by atoms with E-state index in [1.165, 1.54) is 32.1 Å². The lowest BCUT2D eigenvalue weighted by Crippen LogP contribution is -2.47. The van der Waals surface area contributed by atoms with Crippen molar-refractivity contribution in [1.82, 2.24) is 10.6 Å². The zero-order valence-corrected chi connectivity index (χ0v) is 13.0. The van der Waals surface area contributed by atoms with Crippen LogP contribution in [0.4, 0.5) is 0 Å². The van der Waals surface area contributed by atoms with Gasteiger partial charge in [-0.1, -0.05) is 31.4 Å². The summed E-state index contributed by atoms with van der Waals surface area (Å²) in [6, 6.07) is 8.29. The first-order valence-corrected chi connectivity index (χ1v) is 8.15. The Hall–Kier alpha value is -1.49. The molecule has 1 atom stereocenters. The maximum atomic E-state index is 5.90. The van der Waals surface area contributed by atoms with Gasteiger partial charge in [-0.05, 0) is 37.2 Å². The maximum absolute atomic E-state index is 5.90. The smallest absolute Gasteiger partial charge is 0.166 e. The Labute approximate surface area is 131 Å². The summed E-state index contributed by atoms with van der Waals surface area (Å²) < 4.78 is 11.6. The average Bonchev–Trinajstić information content (AvgIpc) is 2.54.